The number of hydrogen-bond acceptors (Lipinski definition) is 2. The van der Waals surface area contributed by atoms with Crippen molar-refractivity contribution >= 4 is 6.21 Å². The summed E-state index contributed by atoms with van der Waals surface area (Å²) in [5, 5.41) is 3.12. The lowest BCUT2D eigenvalue weighted by Gasteiger charge is -2.01. The molecule has 0 fully saturated rings. The van der Waals surface area contributed by atoms with Crippen LogP contribution in [0.4, 0.5) is 0 Å². The summed E-state index contributed by atoms with van der Waals surface area (Å²) in [5.41, 5.74) is 1.35. The molecule has 11 heavy (non-hydrogen) atoms. The number of aliphatic imine (C=N–C) groups is 1. The molecule has 0 aliphatic carbocycles. The maximum absolute atomic E-state index is 4.15. The molecule has 0 radical (unpaired) electrons. The summed E-state index contributed by atoms with van der Waals surface area (Å²) >= 11 is 0. The van der Waals surface area contributed by atoms with Crippen molar-refractivity contribution in [3.63, 3.8) is 0 Å². The van der Waals surface area contributed by atoms with Crippen molar-refractivity contribution in [3.05, 3.63) is 23.8 Å². The van der Waals surface area contributed by atoms with E-state index in [0.29, 0.717) is 0 Å². The Kier molecular flexibility index (Phi) is 3.62. The molecular weight excluding hydrogens is 136 g/mol. The normalized spacial score (nSPS) is 22.1. The summed E-state index contributed by atoms with van der Waals surface area (Å²) < 4.78 is 0. The molecule has 1 N–H and O–H groups in total. The van der Waals surface area contributed by atoms with E-state index in [2.05, 4.69) is 28.5 Å². The minimum Gasteiger partial charge on any atom is -0.316 e. The second-order valence-corrected chi connectivity index (χ2v) is 2.50. The topological polar surface area (TPSA) is 24.4 Å². The monoisotopic (exact) mass is 150 g/mol. The van der Waals surface area contributed by atoms with E-state index in [4.69, 9.17) is 0 Å². The summed E-state index contributed by atoms with van der Waals surface area (Å²) in [6, 6.07) is 0. The molecule has 0 saturated heterocycles. The average molecular weight is 150 g/mol. The Morgan fingerprint density at radius 3 is 3.36 bits per heavy atom. The molecule has 1 heterocycles. The molecule has 1 aliphatic heterocycles. The lowest BCUT2D eigenvalue weighted by atomic mass is 10.2. The molecule has 1 rings (SSSR count). The van der Waals surface area contributed by atoms with Crippen LogP contribution >= 0.6 is 0 Å². The van der Waals surface area contributed by atoms with Crippen molar-refractivity contribution < 1.29 is 0 Å². The van der Waals surface area contributed by atoms with Crippen LogP contribution in [0.25, 0.3) is 0 Å². The largest absolute Gasteiger partial charge is 0.316 e. The highest BCUT2D eigenvalue weighted by atomic mass is 14.8. The van der Waals surface area contributed by atoms with Crippen LogP contribution in [0.3, 0.4) is 0 Å². The van der Waals surface area contributed by atoms with E-state index in [-0.39, 0.29) is 0 Å². The van der Waals surface area contributed by atoms with Crippen LogP contribution in [0.1, 0.15) is 6.42 Å². The molecule has 0 saturated carbocycles. The second kappa shape index (κ2) is 4.85. The first-order valence-electron chi connectivity index (χ1n) is 3.92. The van der Waals surface area contributed by atoms with Gasteiger partial charge in [0.2, 0.25) is 0 Å². The molecule has 0 spiro atoms. The molecule has 0 amide bonds. The lowest BCUT2D eigenvalue weighted by molar-refractivity contribution is 0.891. The van der Waals surface area contributed by atoms with Gasteiger partial charge in [-0.2, -0.15) is 0 Å². The number of nitrogens with zero attached hydrogens (tertiary/aromatic N) is 1. The van der Waals surface area contributed by atoms with Crippen molar-refractivity contribution in [1.29, 1.82) is 0 Å². The SMILES string of the molecule is CNC/C1=C/CC=NCC=C1. The van der Waals surface area contributed by atoms with Crippen LogP contribution < -0.4 is 5.32 Å². The average Bonchev–Trinajstić information content (AvgIpc) is 1.94. The number of rotatable bonds is 2. The summed E-state index contributed by atoms with van der Waals surface area (Å²) in [6.45, 7) is 1.77. The highest BCUT2D eigenvalue weighted by molar-refractivity contribution is 5.60. The summed E-state index contributed by atoms with van der Waals surface area (Å²) in [5.74, 6) is 0. The Morgan fingerprint density at radius 1 is 1.64 bits per heavy atom. The molecule has 0 unspecified atom stereocenters. The van der Waals surface area contributed by atoms with Gasteiger partial charge in [-0.3, -0.25) is 4.99 Å². The number of nitrogens with one attached hydrogen (secondary N) is 1. The van der Waals surface area contributed by atoms with Gasteiger partial charge in [-0.1, -0.05) is 18.2 Å². The molecule has 0 aromatic rings. The van der Waals surface area contributed by atoms with Crippen LogP contribution in [0.15, 0.2) is 28.8 Å². The van der Waals surface area contributed by atoms with Gasteiger partial charge in [-0.25, -0.2) is 0 Å². The maximum atomic E-state index is 4.15. The first kappa shape index (κ1) is 8.21. The fourth-order valence-corrected chi connectivity index (χ4v) is 1.02. The second-order valence-electron chi connectivity index (χ2n) is 2.50. The third-order valence-corrected chi connectivity index (χ3v) is 1.54. The standard InChI is InChI=1S/C9H14N2/c1-10-8-9-4-2-6-11-7-3-5-9/h2,4-5,7,10H,3,6,8H2,1H3/b4-2?,9-5+,11-7?. The predicted molar refractivity (Wildman–Crippen MR) is 49.1 cm³/mol. The van der Waals surface area contributed by atoms with E-state index in [1.807, 2.05) is 13.3 Å². The Hall–Kier alpha value is -0.890. The molecule has 2 heteroatoms. The van der Waals surface area contributed by atoms with E-state index < -0.39 is 0 Å². The maximum Gasteiger partial charge on any atom is 0.0569 e. The highest BCUT2D eigenvalue weighted by Gasteiger charge is 1.90. The molecule has 0 aromatic carbocycles. The third kappa shape index (κ3) is 3.14. The van der Waals surface area contributed by atoms with Crippen molar-refractivity contribution in [3.8, 4) is 0 Å². The Morgan fingerprint density at radius 2 is 2.55 bits per heavy atom. The molecule has 0 atom stereocenters. The van der Waals surface area contributed by atoms with Gasteiger partial charge in [-0.05, 0) is 12.6 Å². The molecule has 60 valence electrons. The van der Waals surface area contributed by atoms with Crippen LogP contribution in [-0.2, 0) is 0 Å². The van der Waals surface area contributed by atoms with Gasteiger partial charge >= 0.3 is 0 Å². The molecule has 0 aromatic heterocycles. The molecular formula is C9H14N2. The zero-order chi connectivity index (χ0) is 7.94. The highest BCUT2D eigenvalue weighted by Crippen LogP contribution is 1.99. The first-order chi connectivity index (χ1) is 5.43. The predicted octanol–water partition coefficient (Wildman–Crippen LogP) is 1.16. The summed E-state index contributed by atoms with van der Waals surface area (Å²) in [6.07, 6.45) is 9.32. The van der Waals surface area contributed by atoms with Gasteiger partial charge < -0.3 is 5.32 Å². The summed E-state index contributed by atoms with van der Waals surface area (Å²) in [4.78, 5) is 4.15. The zero-order valence-corrected chi connectivity index (χ0v) is 6.88. The van der Waals surface area contributed by atoms with E-state index in [1.54, 1.807) is 0 Å². The Balaban J connectivity index is 2.54. The van der Waals surface area contributed by atoms with Crippen LogP contribution in [-0.4, -0.2) is 26.4 Å². The van der Waals surface area contributed by atoms with E-state index in [1.165, 1.54) is 5.57 Å². The van der Waals surface area contributed by atoms with Gasteiger partial charge in [0.25, 0.3) is 0 Å². The Labute approximate surface area is 67.7 Å². The third-order valence-electron chi connectivity index (χ3n) is 1.54. The number of likely N-dealkylation sites (N-methyl/N-ethyl adjacent to an activating group) is 1. The van der Waals surface area contributed by atoms with Crippen LogP contribution in [0.5, 0.6) is 0 Å². The molecule has 1 aliphatic rings. The van der Waals surface area contributed by atoms with E-state index in [9.17, 15) is 0 Å². The fourth-order valence-electron chi connectivity index (χ4n) is 1.02. The van der Waals surface area contributed by atoms with Crippen molar-refractivity contribution in [1.82, 2.24) is 5.32 Å². The Bertz CT molecular complexity index is 190. The van der Waals surface area contributed by atoms with Crippen molar-refractivity contribution in [2.45, 2.75) is 6.42 Å². The molecule has 0 bridgehead atoms. The zero-order valence-electron chi connectivity index (χ0n) is 6.88. The smallest absolute Gasteiger partial charge is 0.0569 e. The van der Waals surface area contributed by atoms with Gasteiger partial charge in [0.05, 0.1) is 6.54 Å². The quantitative estimate of drug-likeness (QED) is 0.627. The van der Waals surface area contributed by atoms with Crippen molar-refractivity contribution in [2.75, 3.05) is 20.1 Å². The van der Waals surface area contributed by atoms with Gasteiger partial charge in [0.15, 0.2) is 0 Å². The molecule has 2 nitrogen and oxygen atoms in total. The summed E-state index contributed by atoms with van der Waals surface area (Å²) in [7, 11) is 1.96. The van der Waals surface area contributed by atoms with Crippen LogP contribution in [0, 0.1) is 0 Å². The minimum absolute atomic E-state index is 0.820. The van der Waals surface area contributed by atoms with Gasteiger partial charge in [0.1, 0.15) is 0 Å². The van der Waals surface area contributed by atoms with E-state index >= 15 is 0 Å². The van der Waals surface area contributed by atoms with Gasteiger partial charge in [0, 0.05) is 19.2 Å². The number of allylic oxidation sites excluding steroid dienone is 1. The number of hydrogen-bond donors (Lipinski definition) is 1. The lowest BCUT2D eigenvalue weighted by Crippen LogP contribution is -2.09. The van der Waals surface area contributed by atoms with Gasteiger partial charge in [-0.15, -0.1) is 0 Å². The van der Waals surface area contributed by atoms with Crippen LogP contribution in [0.2, 0.25) is 0 Å². The van der Waals surface area contributed by atoms with E-state index in [0.717, 1.165) is 19.5 Å². The van der Waals surface area contributed by atoms with Crippen molar-refractivity contribution in [2.24, 2.45) is 4.99 Å². The first-order valence-corrected chi connectivity index (χ1v) is 3.92. The fraction of sp³-hybridized carbons (Fsp3) is 0.444. The minimum atomic E-state index is 0.820.